The topological polar surface area (TPSA) is 66.8 Å². The van der Waals surface area contributed by atoms with Crippen molar-refractivity contribution in [2.75, 3.05) is 13.1 Å². The Morgan fingerprint density at radius 1 is 1.29 bits per heavy atom. The van der Waals surface area contributed by atoms with Crippen molar-refractivity contribution in [3.05, 3.63) is 35.4 Å². The maximum atomic E-state index is 12.4. The number of nitrogens with zero attached hydrogens (tertiary/aromatic N) is 1. The average molecular weight is 291 g/mol. The molecule has 1 unspecified atom stereocenters. The lowest BCUT2D eigenvalue weighted by Crippen LogP contribution is -2.52. The molecule has 0 aliphatic carbocycles. The molecule has 1 aliphatic heterocycles. The predicted octanol–water partition coefficient (Wildman–Crippen LogP) is 1.49. The predicted molar refractivity (Wildman–Crippen MR) is 78.1 cm³/mol. The third-order valence-corrected chi connectivity index (χ3v) is 3.73. The SMILES string of the molecule is CCc1ccccc1CC(=O)N1CC(C(=O)O)O[C@H](C)C1. The first-order valence-corrected chi connectivity index (χ1v) is 7.24. The van der Waals surface area contributed by atoms with Gasteiger partial charge in [0.2, 0.25) is 5.91 Å². The van der Waals surface area contributed by atoms with Crippen molar-refractivity contribution in [3.8, 4) is 0 Å². The van der Waals surface area contributed by atoms with Crippen LogP contribution in [0.15, 0.2) is 24.3 Å². The number of carbonyl (C=O) groups is 2. The van der Waals surface area contributed by atoms with Crippen LogP contribution >= 0.6 is 0 Å². The van der Waals surface area contributed by atoms with Crippen molar-refractivity contribution in [2.24, 2.45) is 0 Å². The summed E-state index contributed by atoms with van der Waals surface area (Å²) in [4.78, 5) is 25.1. The smallest absolute Gasteiger partial charge is 0.334 e. The van der Waals surface area contributed by atoms with Gasteiger partial charge in [-0.05, 0) is 24.5 Å². The molecule has 0 spiro atoms. The molecule has 0 saturated carbocycles. The zero-order valence-corrected chi connectivity index (χ0v) is 12.4. The maximum Gasteiger partial charge on any atom is 0.334 e. The van der Waals surface area contributed by atoms with E-state index in [9.17, 15) is 9.59 Å². The molecule has 21 heavy (non-hydrogen) atoms. The summed E-state index contributed by atoms with van der Waals surface area (Å²) in [6.45, 7) is 4.40. The number of amides is 1. The van der Waals surface area contributed by atoms with E-state index in [0.717, 1.165) is 17.5 Å². The standard InChI is InChI=1S/C16H21NO4/c1-3-12-6-4-5-7-13(12)8-15(18)17-9-11(2)21-14(10-17)16(19)20/h4-7,11,14H,3,8-10H2,1-2H3,(H,19,20)/t11-,14?/m1/s1. The Labute approximate surface area is 124 Å². The van der Waals surface area contributed by atoms with Crippen molar-refractivity contribution in [1.29, 1.82) is 0 Å². The first-order chi connectivity index (χ1) is 10.0. The first kappa shape index (κ1) is 15.5. The molecule has 1 N–H and O–H groups in total. The van der Waals surface area contributed by atoms with Crippen LogP contribution in [0.3, 0.4) is 0 Å². The lowest BCUT2D eigenvalue weighted by atomic mass is 10.0. The van der Waals surface area contributed by atoms with E-state index in [2.05, 4.69) is 6.92 Å². The number of aliphatic carboxylic acids is 1. The fourth-order valence-corrected chi connectivity index (χ4v) is 2.64. The lowest BCUT2D eigenvalue weighted by molar-refractivity contribution is -0.166. The van der Waals surface area contributed by atoms with Gasteiger partial charge >= 0.3 is 5.97 Å². The Bertz CT molecular complexity index is 529. The van der Waals surface area contributed by atoms with Crippen molar-refractivity contribution in [3.63, 3.8) is 0 Å². The van der Waals surface area contributed by atoms with Crippen LogP contribution in [0.25, 0.3) is 0 Å². The summed E-state index contributed by atoms with van der Waals surface area (Å²) in [5.41, 5.74) is 2.16. The highest BCUT2D eigenvalue weighted by Crippen LogP contribution is 2.15. The van der Waals surface area contributed by atoms with E-state index in [-0.39, 0.29) is 18.6 Å². The summed E-state index contributed by atoms with van der Waals surface area (Å²) >= 11 is 0. The second-order valence-electron chi connectivity index (χ2n) is 5.37. The lowest BCUT2D eigenvalue weighted by Gasteiger charge is -2.35. The van der Waals surface area contributed by atoms with Crippen molar-refractivity contribution in [2.45, 2.75) is 38.9 Å². The molecule has 0 aromatic heterocycles. The van der Waals surface area contributed by atoms with E-state index in [4.69, 9.17) is 9.84 Å². The summed E-state index contributed by atoms with van der Waals surface area (Å²) in [6.07, 6.45) is -0.00611. The molecular formula is C16H21NO4. The molecular weight excluding hydrogens is 270 g/mol. The van der Waals surface area contributed by atoms with Gasteiger partial charge in [0.15, 0.2) is 6.10 Å². The molecule has 2 atom stereocenters. The van der Waals surface area contributed by atoms with Crippen LogP contribution in [-0.4, -0.2) is 47.2 Å². The molecule has 1 aromatic rings. The number of rotatable bonds is 4. The number of hydrogen-bond acceptors (Lipinski definition) is 3. The summed E-state index contributed by atoms with van der Waals surface area (Å²) in [5, 5.41) is 9.06. The molecule has 1 aromatic carbocycles. The van der Waals surface area contributed by atoms with Crippen molar-refractivity contribution >= 4 is 11.9 Å². The van der Waals surface area contributed by atoms with Crippen LogP contribution in [0.2, 0.25) is 0 Å². The number of aryl methyl sites for hydroxylation is 1. The number of carboxylic acids is 1. The Hall–Kier alpha value is -1.88. The van der Waals surface area contributed by atoms with Crippen molar-refractivity contribution in [1.82, 2.24) is 4.90 Å². The second-order valence-corrected chi connectivity index (χ2v) is 5.37. The summed E-state index contributed by atoms with van der Waals surface area (Å²) < 4.78 is 5.33. The van der Waals surface area contributed by atoms with Crippen LogP contribution in [0.5, 0.6) is 0 Å². The zero-order chi connectivity index (χ0) is 15.4. The zero-order valence-electron chi connectivity index (χ0n) is 12.4. The molecule has 1 amide bonds. The molecule has 0 bridgehead atoms. The third-order valence-electron chi connectivity index (χ3n) is 3.73. The average Bonchev–Trinajstić information content (AvgIpc) is 2.47. The summed E-state index contributed by atoms with van der Waals surface area (Å²) in [6, 6.07) is 7.85. The molecule has 1 heterocycles. The van der Waals surface area contributed by atoms with Crippen LogP contribution in [0.4, 0.5) is 0 Å². The van der Waals surface area contributed by atoms with Gasteiger partial charge in [0.25, 0.3) is 0 Å². The number of benzene rings is 1. The van der Waals surface area contributed by atoms with Gasteiger partial charge in [-0.15, -0.1) is 0 Å². The van der Waals surface area contributed by atoms with Gasteiger partial charge in [-0.2, -0.15) is 0 Å². The third kappa shape index (κ3) is 3.82. The number of carboxylic acid groups (broad SMARTS) is 1. The van der Waals surface area contributed by atoms with E-state index in [1.54, 1.807) is 11.8 Å². The minimum Gasteiger partial charge on any atom is -0.479 e. The van der Waals surface area contributed by atoms with E-state index in [1.165, 1.54) is 0 Å². The molecule has 1 saturated heterocycles. The largest absolute Gasteiger partial charge is 0.479 e. The monoisotopic (exact) mass is 291 g/mol. The first-order valence-electron chi connectivity index (χ1n) is 7.24. The Morgan fingerprint density at radius 3 is 2.57 bits per heavy atom. The Balaban J connectivity index is 2.07. The van der Waals surface area contributed by atoms with Gasteiger partial charge in [-0.25, -0.2) is 4.79 Å². The summed E-state index contributed by atoms with van der Waals surface area (Å²) in [7, 11) is 0. The van der Waals surface area contributed by atoms with Gasteiger partial charge in [-0.1, -0.05) is 31.2 Å². The fraction of sp³-hybridized carbons (Fsp3) is 0.500. The molecule has 1 fully saturated rings. The van der Waals surface area contributed by atoms with Gasteiger partial charge in [-0.3, -0.25) is 4.79 Å². The minimum absolute atomic E-state index is 0.0442. The maximum absolute atomic E-state index is 12.4. The van der Waals surface area contributed by atoms with Crippen LogP contribution in [-0.2, 0) is 27.2 Å². The van der Waals surface area contributed by atoms with Crippen LogP contribution in [0.1, 0.15) is 25.0 Å². The van der Waals surface area contributed by atoms with E-state index in [0.29, 0.717) is 13.0 Å². The highest BCUT2D eigenvalue weighted by molar-refractivity contribution is 5.81. The molecule has 0 radical (unpaired) electrons. The second kappa shape index (κ2) is 6.72. The van der Waals surface area contributed by atoms with Crippen LogP contribution in [0, 0.1) is 0 Å². The van der Waals surface area contributed by atoms with Crippen LogP contribution < -0.4 is 0 Å². The molecule has 2 rings (SSSR count). The van der Waals surface area contributed by atoms with E-state index >= 15 is 0 Å². The minimum atomic E-state index is -1.02. The van der Waals surface area contributed by atoms with Gasteiger partial charge in [0.1, 0.15) is 0 Å². The van der Waals surface area contributed by atoms with Crippen molar-refractivity contribution < 1.29 is 19.4 Å². The molecule has 5 heteroatoms. The highest BCUT2D eigenvalue weighted by atomic mass is 16.5. The molecule has 114 valence electrons. The quantitative estimate of drug-likeness (QED) is 0.912. The number of hydrogen-bond donors (Lipinski definition) is 1. The summed E-state index contributed by atoms with van der Waals surface area (Å²) in [5.74, 6) is -1.06. The number of carbonyl (C=O) groups excluding carboxylic acids is 1. The van der Waals surface area contributed by atoms with Gasteiger partial charge < -0.3 is 14.7 Å². The van der Waals surface area contributed by atoms with Gasteiger partial charge in [0, 0.05) is 6.54 Å². The Kier molecular flexibility index (Phi) is 4.96. The number of ether oxygens (including phenoxy) is 1. The fourth-order valence-electron chi connectivity index (χ4n) is 2.64. The van der Waals surface area contributed by atoms with Gasteiger partial charge in [0.05, 0.1) is 19.1 Å². The van der Waals surface area contributed by atoms with E-state index in [1.807, 2.05) is 24.3 Å². The Morgan fingerprint density at radius 2 is 1.95 bits per heavy atom. The molecule has 5 nitrogen and oxygen atoms in total. The normalized spacial score (nSPS) is 22.1. The van der Waals surface area contributed by atoms with E-state index < -0.39 is 12.1 Å². The molecule has 1 aliphatic rings. The highest BCUT2D eigenvalue weighted by Gasteiger charge is 2.32. The number of morpholine rings is 1.